The third-order valence-corrected chi connectivity index (χ3v) is 4.37. The molecular weight excluding hydrogens is 372 g/mol. The van der Waals surface area contributed by atoms with E-state index >= 15 is 0 Å². The van der Waals surface area contributed by atoms with Gasteiger partial charge in [-0.25, -0.2) is 4.98 Å². The highest BCUT2D eigenvalue weighted by Crippen LogP contribution is 2.33. The van der Waals surface area contributed by atoms with Crippen LogP contribution in [0.2, 0.25) is 0 Å². The molecule has 3 aromatic rings. The minimum atomic E-state index is -0.494. The van der Waals surface area contributed by atoms with Gasteiger partial charge in [-0.3, -0.25) is 5.10 Å². The number of methoxy groups -OCH3 is 2. The number of aromatic nitrogens is 3. The minimum absolute atomic E-state index is 0.494. The molecule has 8 heteroatoms. The van der Waals surface area contributed by atoms with Crippen molar-refractivity contribution in [2.75, 3.05) is 27.4 Å². The van der Waals surface area contributed by atoms with Gasteiger partial charge in [0.05, 0.1) is 33.5 Å². The first-order valence-electron chi connectivity index (χ1n) is 9.41. The molecule has 0 aliphatic heterocycles. The average molecular weight is 398 g/mol. The van der Waals surface area contributed by atoms with Gasteiger partial charge in [0.1, 0.15) is 5.82 Å². The second kappa shape index (κ2) is 9.29. The number of aromatic amines is 1. The van der Waals surface area contributed by atoms with Crippen LogP contribution in [0, 0.1) is 0 Å². The van der Waals surface area contributed by atoms with E-state index in [4.69, 9.17) is 24.7 Å². The molecule has 0 amide bonds. The van der Waals surface area contributed by atoms with Gasteiger partial charge in [-0.15, -0.1) is 0 Å². The van der Waals surface area contributed by atoms with Crippen molar-refractivity contribution < 1.29 is 18.9 Å². The van der Waals surface area contributed by atoms with Crippen LogP contribution in [0.4, 0.5) is 0 Å². The molecule has 8 nitrogen and oxygen atoms in total. The van der Waals surface area contributed by atoms with Crippen LogP contribution in [0.25, 0.3) is 11.4 Å². The summed E-state index contributed by atoms with van der Waals surface area (Å²) >= 11 is 0. The summed E-state index contributed by atoms with van der Waals surface area (Å²) in [6.45, 7) is 4.92. The topological polar surface area (TPSA) is 105 Å². The molecular formula is C21H26N4O4. The number of hydrogen-bond acceptors (Lipinski definition) is 7. The van der Waals surface area contributed by atoms with E-state index in [1.165, 1.54) is 0 Å². The highest BCUT2D eigenvalue weighted by molar-refractivity contribution is 5.61. The normalized spacial score (nSPS) is 11.8. The van der Waals surface area contributed by atoms with Gasteiger partial charge in [-0.05, 0) is 49.7 Å². The Morgan fingerprint density at radius 3 is 2.28 bits per heavy atom. The highest BCUT2D eigenvalue weighted by Gasteiger charge is 2.18. The van der Waals surface area contributed by atoms with Crippen LogP contribution >= 0.6 is 0 Å². The Labute approximate surface area is 170 Å². The number of rotatable bonds is 9. The summed E-state index contributed by atoms with van der Waals surface area (Å²) in [4.78, 5) is 4.57. The minimum Gasteiger partial charge on any atom is -0.493 e. The lowest BCUT2D eigenvalue weighted by molar-refractivity contribution is 0.310. The van der Waals surface area contributed by atoms with Crippen molar-refractivity contribution in [2.45, 2.75) is 19.9 Å². The molecule has 29 heavy (non-hydrogen) atoms. The molecule has 1 atom stereocenters. The number of nitrogens with two attached hydrogens (primary N) is 1. The van der Waals surface area contributed by atoms with Crippen LogP contribution in [0.5, 0.6) is 23.0 Å². The Morgan fingerprint density at radius 1 is 0.897 bits per heavy atom. The number of ether oxygens (including phenoxy) is 4. The van der Waals surface area contributed by atoms with Crippen molar-refractivity contribution >= 4 is 0 Å². The fraction of sp³-hybridized carbons (Fsp3) is 0.333. The number of H-pyrrole nitrogens is 1. The van der Waals surface area contributed by atoms with E-state index in [1.807, 2.05) is 50.2 Å². The van der Waals surface area contributed by atoms with Crippen LogP contribution < -0.4 is 24.7 Å². The van der Waals surface area contributed by atoms with Gasteiger partial charge in [0, 0.05) is 5.56 Å². The van der Waals surface area contributed by atoms with Gasteiger partial charge in [0.2, 0.25) is 0 Å². The van der Waals surface area contributed by atoms with Crippen molar-refractivity contribution in [1.29, 1.82) is 0 Å². The Kier molecular flexibility index (Phi) is 6.56. The molecule has 0 radical (unpaired) electrons. The largest absolute Gasteiger partial charge is 0.493 e. The Balaban J connectivity index is 1.87. The van der Waals surface area contributed by atoms with Gasteiger partial charge >= 0.3 is 0 Å². The zero-order valence-electron chi connectivity index (χ0n) is 17.1. The lowest BCUT2D eigenvalue weighted by Crippen LogP contribution is -2.14. The van der Waals surface area contributed by atoms with Gasteiger partial charge < -0.3 is 24.7 Å². The van der Waals surface area contributed by atoms with E-state index in [0.29, 0.717) is 47.9 Å². The Morgan fingerprint density at radius 2 is 1.59 bits per heavy atom. The molecule has 0 aliphatic rings. The van der Waals surface area contributed by atoms with Crippen molar-refractivity contribution in [3.63, 3.8) is 0 Å². The molecule has 0 bridgehead atoms. The monoisotopic (exact) mass is 398 g/mol. The molecule has 0 aliphatic carbocycles. The fourth-order valence-corrected chi connectivity index (χ4v) is 2.94. The molecule has 3 N–H and O–H groups in total. The van der Waals surface area contributed by atoms with E-state index in [2.05, 4.69) is 15.2 Å². The van der Waals surface area contributed by atoms with Crippen LogP contribution in [0.15, 0.2) is 36.4 Å². The molecule has 0 saturated heterocycles. The van der Waals surface area contributed by atoms with Gasteiger partial charge in [0.25, 0.3) is 0 Å². The quantitative estimate of drug-likeness (QED) is 0.569. The smallest absolute Gasteiger partial charge is 0.181 e. The van der Waals surface area contributed by atoms with Gasteiger partial charge in [-0.1, -0.05) is 6.07 Å². The zero-order chi connectivity index (χ0) is 20.8. The van der Waals surface area contributed by atoms with Crippen molar-refractivity contribution in [3.8, 4) is 34.4 Å². The molecule has 0 unspecified atom stereocenters. The molecule has 0 spiro atoms. The first-order chi connectivity index (χ1) is 14.1. The summed E-state index contributed by atoms with van der Waals surface area (Å²) in [7, 11) is 3.20. The van der Waals surface area contributed by atoms with Crippen molar-refractivity contribution in [3.05, 3.63) is 47.8 Å². The van der Waals surface area contributed by atoms with E-state index in [0.717, 1.165) is 11.1 Å². The number of benzene rings is 2. The summed E-state index contributed by atoms with van der Waals surface area (Å²) in [6.07, 6.45) is 0. The second-order valence-corrected chi connectivity index (χ2v) is 6.16. The third kappa shape index (κ3) is 4.43. The molecule has 1 heterocycles. The van der Waals surface area contributed by atoms with Crippen LogP contribution in [-0.4, -0.2) is 42.6 Å². The van der Waals surface area contributed by atoms with E-state index in [9.17, 15) is 0 Å². The van der Waals surface area contributed by atoms with E-state index < -0.39 is 6.04 Å². The summed E-state index contributed by atoms with van der Waals surface area (Å²) in [5.74, 6) is 3.65. The second-order valence-electron chi connectivity index (χ2n) is 6.16. The van der Waals surface area contributed by atoms with E-state index in [1.54, 1.807) is 14.2 Å². The molecule has 3 rings (SSSR count). The maximum atomic E-state index is 6.41. The fourth-order valence-electron chi connectivity index (χ4n) is 2.94. The first-order valence-corrected chi connectivity index (χ1v) is 9.41. The highest BCUT2D eigenvalue weighted by atomic mass is 16.5. The standard InChI is InChI=1S/C21H26N4O4/c1-5-28-16-10-8-14(12-17(16)27-4)20-23-21(25-24-20)19(22)13-7-9-15(26-3)18(11-13)29-6-2/h7-12,19H,5-6,22H2,1-4H3,(H,23,24,25)/t19-/m1/s1. The van der Waals surface area contributed by atoms with Crippen LogP contribution in [0.1, 0.15) is 31.3 Å². The predicted octanol–water partition coefficient (Wildman–Crippen LogP) is 3.33. The molecule has 0 fully saturated rings. The third-order valence-electron chi connectivity index (χ3n) is 4.37. The number of nitrogens with one attached hydrogen (secondary N) is 1. The summed E-state index contributed by atoms with van der Waals surface area (Å²) < 4.78 is 21.9. The first kappa shape index (κ1) is 20.5. The SMILES string of the molecule is CCOc1ccc(-c2n[nH]c([C@H](N)c3ccc(OC)c(OCC)c3)n2)cc1OC. The average Bonchev–Trinajstić information content (AvgIpc) is 3.24. The Hall–Kier alpha value is -3.26. The van der Waals surface area contributed by atoms with Crippen molar-refractivity contribution in [2.24, 2.45) is 5.73 Å². The molecule has 154 valence electrons. The number of hydrogen-bond donors (Lipinski definition) is 2. The van der Waals surface area contributed by atoms with Crippen LogP contribution in [0.3, 0.4) is 0 Å². The van der Waals surface area contributed by atoms with Gasteiger partial charge in [-0.2, -0.15) is 5.10 Å². The lowest BCUT2D eigenvalue weighted by Gasteiger charge is -2.14. The summed E-state index contributed by atoms with van der Waals surface area (Å²) in [5.41, 5.74) is 8.04. The lowest BCUT2D eigenvalue weighted by atomic mass is 10.1. The van der Waals surface area contributed by atoms with Gasteiger partial charge in [0.15, 0.2) is 28.8 Å². The molecule has 2 aromatic carbocycles. The Bertz CT molecular complexity index is 958. The molecule has 1 aromatic heterocycles. The zero-order valence-corrected chi connectivity index (χ0v) is 17.1. The number of nitrogens with zero attached hydrogens (tertiary/aromatic N) is 2. The van der Waals surface area contributed by atoms with E-state index in [-0.39, 0.29) is 0 Å². The summed E-state index contributed by atoms with van der Waals surface area (Å²) in [6, 6.07) is 10.6. The maximum Gasteiger partial charge on any atom is 0.181 e. The predicted molar refractivity (Wildman–Crippen MR) is 110 cm³/mol. The van der Waals surface area contributed by atoms with Crippen molar-refractivity contribution in [1.82, 2.24) is 15.2 Å². The summed E-state index contributed by atoms with van der Waals surface area (Å²) in [5, 5.41) is 7.24. The maximum absolute atomic E-state index is 6.41. The van der Waals surface area contributed by atoms with Crippen LogP contribution in [-0.2, 0) is 0 Å². The molecule has 0 saturated carbocycles.